The molecule has 1 aliphatic carbocycles. The van der Waals surface area contributed by atoms with Crippen LogP contribution in [0.4, 0.5) is 0 Å². The summed E-state index contributed by atoms with van der Waals surface area (Å²) in [4.78, 5) is 4.36. The summed E-state index contributed by atoms with van der Waals surface area (Å²) >= 11 is 0. The Morgan fingerprint density at radius 1 is 1.16 bits per heavy atom. The van der Waals surface area contributed by atoms with Crippen LogP contribution in [0.25, 0.3) is 16.9 Å². The zero-order valence-corrected chi connectivity index (χ0v) is 10.3. The van der Waals surface area contributed by atoms with Gasteiger partial charge in [-0.15, -0.1) is 0 Å². The molecule has 0 aliphatic heterocycles. The first-order valence-corrected chi connectivity index (χ1v) is 6.45. The van der Waals surface area contributed by atoms with E-state index >= 15 is 0 Å². The molecule has 0 bridgehead atoms. The summed E-state index contributed by atoms with van der Waals surface area (Å²) < 4.78 is 1.86. The third-order valence-corrected chi connectivity index (χ3v) is 3.52. The molecule has 0 unspecified atom stereocenters. The summed E-state index contributed by atoms with van der Waals surface area (Å²) in [6.45, 7) is 0. The van der Waals surface area contributed by atoms with Gasteiger partial charge in [0.2, 0.25) is 0 Å². The Balaban J connectivity index is 1.91. The van der Waals surface area contributed by atoms with Crippen molar-refractivity contribution in [1.29, 1.82) is 0 Å². The number of phenols is 1. The van der Waals surface area contributed by atoms with Gasteiger partial charge in [-0.2, -0.15) is 5.10 Å². The van der Waals surface area contributed by atoms with Crippen LogP contribution in [-0.4, -0.2) is 19.7 Å². The molecule has 4 rings (SSSR count). The minimum absolute atomic E-state index is 0.255. The summed E-state index contributed by atoms with van der Waals surface area (Å²) in [5.74, 6) is 0.870. The molecule has 94 valence electrons. The molecule has 1 N–H and O–H groups in total. The van der Waals surface area contributed by atoms with E-state index in [2.05, 4.69) is 16.1 Å². The van der Waals surface area contributed by atoms with Crippen molar-refractivity contribution in [3.63, 3.8) is 0 Å². The maximum atomic E-state index is 9.59. The van der Waals surface area contributed by atoms with Crippen molar-refractivity contribution in [2.75, 3.05) is 0 Å². The largest absolute Gasteiger partial charge is 0.508 e. The normalized spacial score (nSPS) is 14.9. The maximum Gasteiger partial charge on any atom is 0.154 e. The predicted octanol–water partition coefficient (Wildman–Crippen LogP) is 2.98. The van der Waals surface area contributed by atoms with Gasteiger partial charge in [0.25, 0.3) is 0 Å². The zero-order valence-electron chi connectivity index (χ0n) is 10.3. The molecule has 2 heterocycles. The highest BCUT2D eigenvalue weighted by Crippen LogP contribution is 2.39. The summed E-state index contributed by atoms with van der Waals surface area (Å²) in [5.41, 5.74) is 3.80. The van der Waals surface area contributed by atoms with E-state index in [0.29, 0.717) is 5.92 Å². The first-order valence-electron chi connectivity index (χ1n) is 6.45. The van der Waals surface area contributed by atoms with Gasteiger partial charge in [-0.05, 0) is 37.1 Å². The molecule has 4 nitrogen and oxygen atoms in total. The van der Waals surface area contributed by atoms with Crippen LogP contribution in [0.5, 0.6) is 5.75 Å². The Bertz CT molecular complexity index is 759. The molecule has 0 radical (unpaired) electrons. The second-order valence-electron chi connectivity index (χ2n) is 5.00. The molecule has 1 saturated carbocycles. The van der Waals surface area contributed by atoms with E-state index in [4.69, 9.17) is 0 Å². The third kappa shape index (κ3) is 1.76. The second-order valence-corrected chi connectivity index (χ2v) is 5.00. The highest BCUT2D eigenvalue weighted by atomic mass is 16.3. The van der Waals surface area contributed by atoms with Crippen molar-refractivity contribution >= 4 is 5.65 Å². The molecule has 0 saturated heterocycles. The van der Waals surface area contributed by atoms with Gasteiger partial charge in [-0.25, -0.2) is 9.50 Å². The van der Waals surface area contributed by atoms with E-state index in [1.165, 1.54) is 12.8 Å². The number of rotatable bonds is 2. The molecule has 3 aromatic rings. The highest BCUT2D eigenvalue weighted by Gasteiger charge is 2.25. The highest BCUT2D eigenvalue weighted by molar-refractivity contribution is 5.64. The van der Waals surface area contributed by atoms with Crippen molar-refractivity contribution in [3.8, 4) is 17.0 Å². The van der Waals surface area contributed by atoms with Crippen molar-refractivity contribution in [2.24, 2.45) is 0 Å². The van der Waals surface area contributed by atoms with Crippen molar-refractivity contribution in [2.45, 2.75) is 18.8 Å². The topological polar surface area (TPSA) is 50.4 Å². The summed E-state index contributed by atoms with van der Waals surface area (Å²) in [7, 11) is 0. The van der Waals surface area contributed by atoms with Crippen LogP contribution in [0, 0.1) is 0 Å². The standard InChI is InChI=1S/C15H13N3O/c19-12-3-1-2-11(8-12)14-9-16-15-7-6-13(10-4-5-10)17-18(14)15/h1-3,6-10,19H,4-5H2. The fourth-order valence-electron chi connectivity index (χ4n) is 2.35. The van der Waals surface area contributed by atoms with Crippen LogP contribution >= 0.6 is 0 Å². The molecule has 1 aliphatic rings. The zero-order chi connectivity index (χ0) is 12.8. The molecule has 2 aromatic heterocycles. The van der Waals surface area contributed by atoms with Crippen LogP contribution in [0.3, 0.4) is 0 Å². The van der Waals surface area contributed by atoms with E-state index in [-0.39, 0.29) is 5.75 Å². The molecular formula is C15H13N3O. The number of hydrogen-bond donors (Lipinski definition) is 1. The number of phenolic OH excluding ortho intramolecular Hbond substituents is 1. The van der Waals surface area contributed by atoms with Crippen LogP contribution in [0.1, 0.15) is 24.5 Å². The number of imidazole rings is 1. The first kappa shape index (κ1) is 10.6. The first-order chi connectivity index (χ1) is 9.31. The summed E-state index contributed by atoms with van der Waals surface area (Å²) in [6.07, 6.45) is 4.26. The second kappa shape index (κ2) is 3.82. The molecular weight excluding hydrogens is 238 g/mol. The number of benzene rings is 1. The Morgan fingerprint density at radius 3 is 2.84 bits per heavy atom. The monoisotopic (exact) mass is 251 g/mol. The average molecular weight is 251 g/mol. The van der Waals surface area contributed by atoms with Gasteiger partial charge < -0.3 is 5.11 Å². The van der Waals surface area contributed by atoms with E-state index in [1.807, 2.05) is 22.7 Å². The van der Waals surface area contributed by atoms with E-state index in [0.717, 1.165) is 22.6 Å². The third-order valence-electron chi connectivity index (χ3n) is 3.52. The summed E-state index contributed by atoms with van der Waals surface area (Å²) in [6, 6.07) is 11.2. The lowest BCUT2D eigenvalue weighted by Gasteiger charge is -2.03. The van der Waals surface area contributed by atoms with Gasteiger partial charge in [-0.3, -0.25) is 0 Å². The minimum atomic E-state index is 0.255. The van der Waals surface area contributed by atoms with E-state index < -0.39 is 0 Å². The van der Waals surface area contributed by atoms with Gasteiger partial charge in [0.05, 0.1) is 17.6 Å². The van der Waals surface area contributed by atoms with Crippen LogP contribution in [0.2, 0.25) is 0 Å². The molecule has 19 heavy (non-hydrogen) atoms. The number of fused-ring (bicyclic) bond motifs is 1. The molecule has 0 atom stereocenters. The molecule has 0 amide bonds. The number of hydrogen-bond acceptors (Lipinski definition) is 3. The Kier molecular flexibility index (Phi) is 2.12. The van der Waals surface area contributed by atoms with Gasteiger partial charge in [0.15, 0.2) is 5.65 Å². The van der Waals surface area contributed by atoms with Gasteiger partial charge in [0, 0.05) is 11.5 Å². The molecule has 1 aromatic carbocycles. The molecule has 4 heteroatoms. The van der Waals surface area contributed by atoms with Crippen LogP contribution in [0.15, 0.2) is 42.6 Å². The van der Waals surface area contributed by atoms with Crippen molar-refractivity contribution < 1.29 is 5.11 Å². The number of aromatic nitrogens is 3. The Labute approximate surface area is 110 Å². The lowest BCUT2D eigenvalue weighted by molar-refractivity contribution is 0.475. The van der Waals surface area contributed by atoms with Gasteiger partial charge >= 0.3 is 0 Å². The number of aromatic hydroxyl groups is 1. The van der Waals surface area contributed by atoms with E-state index in [1.54, 1.807) is 18.3 Å². The quantitative estimate of drug-likeness (QED) is 0.761. The summed E-state index contributed by atoms with van der Waals surface area (Å²) in [5, 5.41) is 14.3. The molecule has 1 fully saturated rings. The fraction of sp³-hybridized carbons (Fsp3) is 0.200. The fourth-order valence-corrected chi connectivity index (χ4v) is 2.35. The average Bonchev–Trinajstić information content (AvgIpc) is 3.18. The van der Waals surface area contributed by atoms with Crippen molar-refractivity contribution in [3.05, 3.63) is 48.3 Å². The number of nitrogens with zero attached hydrogens (tertiary/aromatic N) is 3. The lowest BCUT2D eigenvalue weighted by Crippen LogP contribution is -1.98. The Morgan fingerprint density at radius 2 is 2.05 bits per heavy atom. The van der Waals surface area contributed by atoms with Gasteiger partial charge in [-0.1, -0.05) is 12.1 Å². The van der Waals surface area contributed by atoms with E-state index in [9.17, 15) is 5.11 Å². The van der Waals surface area contributed by atoms with Gasteiger partial charge in [0.1, 0.15) is 5.75 Å². The van der Waals surface area contributed by atoms with Crippen molar-refractivity contribution in [1.82, 2.24) is 14.6 Å². The predicted molar refractivity (Wildman–Crippen MR) is 72.1 cm³/mol. The maximum absolute atomic E-state index is 9.59. The smallest absolute Gasteiger partial charge is 0.154 e. The minimum Gasteiger partial charge on any atom is -0.508 e. The molecule has 0 spiro atoms. The lowest BCUT2D eigenvalue weighted by atomic mass is 10.1. The SMILES string of the molecule is Oc1cccc(-c2cnc3ccc(C4CC4)nn23)c1. The van der Waals surface area contributed by atoms with Crippen LogP contribution < -0.4 is 0 Å². The Hall–Kier alpha value is -2.36. The van der Waals surface area contributed by atoms with Crippen LogP contribution in [-0.2, 0) is 0 Å².